The molecule has 0 N–H and O–H groups in total. The molecule has 23 heavy (non-hydrogen) atoms. The van der Waals surface area contributed by atoms with Crippen LogP contribution in [0, 0.1) is 0 Å². The maximum atomic E-state index is 5.98. The van der Waals surface area contributed by atoms with E-state index in [4.69, 9.17) is 4.42 Å². The molecule has 0 bridgehead atoms. The van der Waals surface area contributed by atoms with Crippen LogP contribution in [0.25, 0.3) is 0 Å². The molecule has 2 aromatic rings. The Bertz CT molecular complexity index is 647. The lowest BCUT2D eigenvalue weighted by atomic mass is 10.1. The predicted octanol–water partition coefficient (Wildman–Crippen LogP) is 2.89. The van der Waals surface area contributed by atoms with E-state index in [1.54, 1.807) is 12.4 Å². The number of hydrogen-bond acceptors (Lipinski definition) is 6. The Morgan fingerprint density at radius 3 is 3.00 bits per heavy atom. The van der Waals surface area contributed by atoms with E-state index in [1.165, 1.54) is 37.7 Å². The summed E-state index contributed by atoms with van der Waals surface area (Å²) in [6.45, 7) is 6.84. The molecule has 0 aromatic carbocycles. The summed E-state index contributed by atoms with van der Waals surface area (Å²) in [5, 5.41) is 1.58. The van der Waals surface area contributed by atoms with Gasteiger partial charge in [-0.25, -0.2) is 9.97 Å². The van der Waals surface area contributed by atoms with Gasteiger partial charge >= 0.3 is 0 Å². The molecule has 2 saturated heterocycles. The molecule has 2 aliphatic heterocycles. The molecular formula is C17H22N4OS. The number of fused-ring (bicyclic) bond motifs is 1. The first-order valence-electron chi connectivity index (χ1n) is 8.29. The van der Waals surface area contributed by atoms with Crippen LogP contribution in [0.3, 0.4) is 0 Å². The van der Waals surface area contributed by atoms with Crippen molar-refractivity contribution in [3.8, 4) is 0 Å². The highest BCUT2D eigenvalue weighted by Gasteiger charge is 2.34. The fourth-order valence-corrected chi connectivity index (χ4v) is 4.29. The highest BCUT2D eigenvalue weighted by Crippen LogP contribution is 2.29. The van der Waals surface area contributed by atoms with Crippen LogP contribution in [0.2, 0.25) is 0 Å². The minimum Gasteiger partial charge on any atom is -0.453 e. The second-order valence-electron chi connectivity index (χ2n) is 6.42. The van der Waals surface area contributed by atoms with Crippen LogP contribution < -0.4 is 0 Å². The lowest BCUT2D eigenvalue weighted by molar-refractivity contribution is 0.0486. The zero-order chi connectivity index (χ0) is 15.6. The van der Waals surface area contributed by atoms with Crippen LogP contribution in [-0.2, 0) is 6.54 Å². The summed E-state index contributed by atoms with van der Waals surface area (Å²) in [5.74, 6) is 1.03. The maximum absolute atomic E-state index is 5.98. The topological polar surface area (TPSA) is 45.4 Å². The summed E-state index contributed by atoms with van der Waals surface area (Å²) in [7, 11) is 0. The quantitative estimate of drug-likeness (QED) is 0.803. The van der Waals surface area contributed by atoms with E-state index < -0.39 is 0 Å². The van der Waals surface area contributed by atoms with E-state index in [9.17, 15) is 0 Å². The third-order valence-electron chi connectivity index (χ3n) is 4.80. The van der Waals surface area contributed by atoms with Gasteiger partial charge < -0.3 is 4.42 Å². The van der Waals surface area contributed by atoms with Gasteiger partial charge in [-0.2, -0.15) is 0 Å². The Kier molecular flexibility index (Phi) is 4.37. The maximum Gasteiger partial charge on any atom is 0.195 e. The number of piperazine rings is 1. The standard InChI is InChI=1S/C17H22N4OS/c1-13-10-20-9-2-4-14(20)11-21(13)12-15-5-6-16(22-15)23-17-18-7-3-8-19-17/h3,5-8,13-14H,2,4,9-12H2,1H3/t13-,14-/m1/s1. The van der Waals surface area contributed by atoms with Crippen LogP contribution in [0.15, 0.2) is 45.3 Å². The molecule has 0 unspecified atom stereocenters. The zero-order valence-electron chi connectivity index (χ0n) is 13.4. The first-order valence-corrected chi connectivity index (χ1v) is 9.11. The van der Waals surface area contributed by atoms with E-state index in [0.29, 0.717) is 6.04 Å². The van der Waals surface area contributed by atoms with Gasteiger partial charge in [0.05, 0.1) is 6.54 Å². The van der Waals surface area contributed by atoms with Gasteiger partial charge in [0, 0.05) is 37.6 Å². The molecule has 2 aliphatic rings. The first-order chi connectivity index (χ1) is 11.3. The summed E-state index contributed by atoms with van der Waals surface area (Å²) < 4.78 is 5.98. The summed E-state index contributed by atoms with van der Waals surface area (Å²) in [4.78, 5) is 13.7. The average Bonchev–Trinajstić information content (AvgIpc) is 3.18. The molecule has 4 heterocycles. The van der Waals surface area contributed by atoms with E-state index in [-0.39, 0.29) is 0 Å². The van der Waals surface area contributed by atoms with Crippen molar-refractivity contribution < 1.29 is 4.42 Å². The predicted molar refractivity (Wildman–Crippen MR) is 89.3 cm³/mol. The third kappa shape index (κ3) is 3.44. The van der Waals surface area contributed by atoms with Crippen molar-refractivity contribution in [3.63, 3.8) is 0 Å². The molecule has 0 saturated carbocycles. The molecule has 2 atom stereocenters. The Morgan fingerprint density at radius 1 is 1.26 bits per heavy atom. The van der Waals surface area contributed by atoms with Gasteiger partial charge in [-0.3, -0.25) is 9.80 Å². The van der Waals surface area contributed by atoms with Gasteiger partial charge in [0.25, 0.3) is 0 Å². The summed E-state index contributed by atoms with van der Waals surface area (Å²) in [6.07, 6.45) is 6.20. The van der Waals surface area contributed by atoms with Crippen LogP contribution in [0.1, 0.15) is 25.5 Å². The summed E-state index contributed by atoms with van der Waals surface area (Å²) >= 11 is 1.47. The van der Waals surface area contributed by atoms with Crippen molar-refractivity contribution in [1.82, 2.24) is 19.8 Å². The lowest BCUT2D eigenvalue weighted by Gasteiger charge is -2.41. The highest BCUT2D eigenvalue weighted by molar-refractivity contribution is 7.99. The number of furan rings is 1. The molecule has 0 aliphatic carbocycles. The number of rotatable bonds is 4. The number of hydrogen-bond donors (Lipinski definition) is 0. The van der Waals surface area contributed by atoms with Gasteiger partial charge in [0.15, 0.2) is 10.2 Å². The average molecular weight is 330 g/mol. The molecular weight excluding hydrogens is 308 g/mol. The monoisotopic (exact) mass is 330 g/mol. The van der Waals surface area contributed by atoms with Crippen LogP contribution >= 0.6 is 11.8 Å². The van der Waals surface area contributed by atoms with Crippen molar-refractivity contribution >= 4 is 11.8 Å². The lowest BCUT2D eigenvalue weighted by Crippen LogP contribution is -2.54. The molecule has 122 valence electrons. The van der Waals surface area contributed by atoms with Gasteiger partial charge in [-0.1, -0.05) is 0 Å². The SMILES string of the molecule is C[C@@H]1CN2CCC[C@@H]2CN1Cc1ccc(Sc2ncccn2)o1. The Morgan fingerprint density at radius 2 is 2.13 bits per heavy atom. The fraction of sp³-hybridized carbons (Fsp3) is 0.529. The highest BCUT2D eigenvalue weighted by atomic mass is 32.2. The molecule has 5 nitrogen and oxygen atoms in total. The van der Waals surface area contributed by atoms with E-state index in [0.717, 1.165) is 35.1 Å². The molecule has 4 rings (SSSR count). The van der Waals surface area contributed by atoms with Crippen LogP contribution in [-0.4, -0.2) is 51.5 Å². The van der Waals surface area contributed by atoms with Crippen molar-refractivity contribution in [2.24, 2.45) is 0 Å². The minimum absolute atomic E-state index is 0.586. The van der Waals surface area contributed by atoms with Gasteiger partial charge in [0.1, 0.15) is 5.76 Å². The molecule has 0 amide bonds. The molecule has 0 spiro atoms. The fourth-order valence-electron chi connectivity index (χ4n) is 3.59. The third-order valence-corrected chi connectivity index (χ3v) is 5.61. The van der Waals surface area contributed by atoms with Gasteiger partial charge in [-0.05, 0) is 56.3 Å². The smallest absolute Gasteiger partial charge is 0.195 e. The van der Waals surface area contributed by atoms with E-state index in [1.807, 2.05) is 12.1 Å². The normalized spacial score (nSPS) is 25.6. The van der Waals surface area contributed by atoms with E-state index in [2.05, 4.69) is 32.8 Å². The molecule has 2 fully saturated rings. The van der Waals surface area contributed by atoms with Gasteiger partial charge in [0.2, 0.25) is 0 Å². The van der Waals surface area contributed by atoms with Crippen molar-refractivity contribution in [2.75, 3.05) is 19.6 Å². The number of nitrogens with zero attached hydrogens (tertiary/aromatic N) is 4. The molecule has 6 heteroatoms. The van der Waals surface area contributed by atoms with Crippen LogP contribution in [0.4, 0.5) is 0 Å². The van der Waals surface area contributed by atoms with Crippen molar-refractivity contribution in [3.05, 3.63) is 36.4 Å². The Labute approximate surface area is 141 Å². The Balaban J connectivity index is 1.39. The summed E-state index contributed by atoms with van der Waals surface area (Å²) in [5.41, 5.74) is 0. The van der Waals surface area contributed by atoms with Gasteiger partial charge in [-0.15, -0.1) is 0 Å². The first kappa shape index (κ1) is 15.2. The largest absolute Gasteiger partial charge is 0.453 e. The number of aromatic nitrogens is 2. The minimum atomic E-state index is 0.586. The van der Waals surface area contributed by atoms with Crippen molar-refractivity contribution in [1.29, 1.82) is 0 Å². The summed E-state index contributed by atoms with van der Waals surface area (Å²) in [6, 6.07) is 7.25. The molecule has 2 aromatic heterocycles. The molecule has 0 radical (unpaired) electrons. The van der Waals surface area contributed by atoms with Crippen LogP contribution in [0.5, 0.6) is 0 Å². The zero-order valence-corrected chi connectivity index (χ0v) is 14.2. The second kappa shape index (κ2) is 6.63. The van der Waals surface area contributed by atoms with E-state index >= 15 is 0 Å². The Hall–Kier alpha value is -1.37. The van der Waals surface area contributed by atoms with Crippen molar-refractivity contribution in [2.45, 2.75) is 48.6 Å². The second-order valence-corrected chi connectivity index (χ2v) is 7.40.